The van der Waals surface area contributed by atoms with Crippen LogP contribution in [0.4, 0.5) is 0 Å². The van der Waals surface area contributed by atoms with Gasteiger partial charge < -0.3 is 15.2 Å². The highest BCUT2D eigenvalue weighted by atomic mass is 16.5. The van der Waals surface area contributed by atoms with Crippen LogP contribution in [-0.4, -0.2) is 20.3 Å². The average molecular weight is 313 g/mol. The lowest BCUT2D eigenvalue weighted by Gasteiger charge is -2.16. The van der Waals surface area contributed by atoms with Crippen molar-refractivity contribution in [3.63, 3.8) is 0 Å². The molecule has 0 saturated carbocycles. The number of benzene rings is 2. The van der Waals surface area contributed by atoms with Crippen molar-refractivity contribution in [3.05, 3.63) is 59.7 Å². The number of rotatable bonds is 9. The second-order valence-electron chi connectivity index (χ2n) is 5.76. The van der Waals surface area contributed by atoms with Crippen LogP contribution in [0, 0.1) is 0 Å². The third kappa shape index (κ3) is 5.29. The molecule has 0 radical (unpaired) electrons. The zero-order chi connectivity index (χ0) is 16.5. The first-order valence-corrected chi connectivity index (χ1v) is 8.32. The molecule has 0 aromatic heterocycles. The van der Waals surface area contributed by atoms with Crippen molar-refractivity contribution in [2.24, 2.45) is 5.73 Å². The molecular formula is C20H27NO2. The van der Waals surface area contributed by atoms with E-state index in [2.05, 4.69) is 31.2 Å². The SMILES string of the molecule is CCCCOc1ccc(CC(CN)c2cccc(OC)c2)cc1. The second kappa shape index (κ2) is 9.21. The molecule has 0 fully saturated rings. The summed E-state index contributed by atoms with van der Waals surface area (Å²) in [5, 5.41) is 0. The highest BCUT2D eigenvalue weighted by molar-refractivity contribution is 5.33. The summed E-state index contributed by atoms with van der Waals surface area (Å²) in [5.74, 6) is 2.10. The molecular weight excluding hydrogens is 286 g/mol. The summed E-state index contributed by atoms with van der Waals surface area (Å²) in [6, 6.07) is 16.5. The first-order chi connectivity index (χ1) is 11.3. The molecule has 0 saturated heterocycles. The summed E-state index contributed by atoms with van der Waals surface area (Å²) in [6.07, 6.45) is 3.16. The minimum absolute atomic E-state index is 0.289. The van der Waals surface area contributed by atoms with Gasteiger partial charge in [0.2, 0.25) is 0 Å². The van der Waals surface area contributed by atoms with Crippen molar-refractivity contribution in [3.8, 4) is 11.5 Å². The highest BCUT2D eigenvalue weighted by Gasteiger charge is 2.11. The third-order valence-electron chi connectivity index (χ3n) is 4.02. The van der Waals surface area contributed by atoms with Gasteiger partial charge in [0, 0.05) is 5.92 Å². The minimum Gasteiger partial charge on any atom is -0.497 e. The molecule has 23 heavy (non-hydrogen) atoms. The maximum Gasteiger partial charge on any atom is 0.119 e. The van der Waals surface area contributed by atoms with E-state index in [1.807, 2.05) is 24.3 Å². The van der Waals surface area contributed by atoms with E-state index >= 15 is 0 Å². The van der Waals surface area contributed by atoms with E-state index in [-0.39, 0.29) is 5.92 Å². The van der Waals surface area contributed by atoms with Crippen LogP contribution in [0.15, 0.2) is 48.5 Å². The molecule has 2 N–H and O–H groups in total. The lowest BCUT2D eigenvalue weighted by Crippen LogP contribution is -2.15. The van der Waals surface area contributed by atoms with Crippen LogP contribution in [0.3, 0.4) is 0 Å². The average Bonchev–Trinajstić information content (AvgIpc) is 2.61. The van der Waals surface area contributed by atoms with Crippen LogP contribution in [-0.2, 0) is 6.42 Å². The Morgan fingerprint density at radius 1 is 1.04 bits per heavy atom. The molecule has 0 bridgehead atoms. The fourth-order valence-corrected chi connectivity index (χ4v) is 2.57. The molecule has 2 aromatic carbocycles. The largest absolute Gasteiger partial charge is 0.497 e. The van der Waals surface area contributed by atoms with E-state index < -0.39 is 0 Å². The van der Waals surface area contributed by atoms with Gasteiger partial charge in [-0.1, -0.05) is 37.6 Å². The topological polar surface area (TPSA) is 44.5 Å². The Labute approximate surface area is 139 Å². The smallest absolute Gasteiger partial charge is 0.119 e. The summed E-state index contributed by atoms with van der Waals surface area (Å²) in [4.78, 5) is 0. The van der Waals surface area contributed by atoms with Gasteiger partial charge in [-0.15, -0.1) is 0 Å². The molecule has 2 rings (SSSR count). The summed E-state index contributed by atoms with van der Waals surface area (Å²) in [5.41, 5.74) is 8.48. The van der Waals surface area contributed by atoms with Crippen LogP contribution < -0.4 is 15.2 Å². The Morgan fingerprint density at radius 2 is 1.83 bits per heavy atom. The molecule has 3 heteroatoms. The molecule has 0 spiro atoms. The van der Waals surface area contributed by atoms with Crippen molar-refractivity contribution in [1.29, 1.82) is 0 Å². The van der Waals surface area contributed by atoms with Gasteiger partial charge in [-0.05, 0) is 54.8 Å². The first-order valence-electron chi connectivity index (χ1n) is 8.32. The second-order valence-corrected chi connectivity index (χ2v) is 5.76. The molecule has 124 valence electrons. The Hall–Kier alpha value is -2.00. The molecule has 3 nitrogen and oxygen atoms in total. The van der Waals surface area contributed by atoms with Crippen molar-refractivity contribution in [1.82, 2.24) is 0 Å². The summed E-state index contributed by atoms with van der Waals surface area (Å²) < 4.78 is 11.0. The number of nitrogens with two attached hydrogens (primary N) is 1. The fourth-order valence-electron chi connectivity index (χ4n) is 2.57. The number of unbranched alkanes of at least 4 members (excludes halogenated alkanes) is 1. The molecule has 0 heterocycles. The zero-order valence-electron chi connectivity index (χ0n) is 14.1. The lowest BCUT2D eigenvalue weighted by atomic mass is 9.92. The van der Waals surface area contributed by atoms with E-state index in [0.29, 0.717) is 6.54 Å². The van der Waals surface area contributed by atoms with Gasteiger partial charge in [0.05, 0.1) is 13.7 Å². The van der Waals surface area contributed by atoms with Gasteiger partial charge in [-0.25, -0.2) is 0 Å². The number of ether oxygens (including phenoxy) is 2. The number of hydrogen-bond donors (Lipinski definition) is 1. The van der Waals surface area contributed by atoms with Crippen molar-refractivity contribution in [2.75, 3.05) is 20.3 Å². The Morgan fingerprint density at radius 3 is 2.48 bits per heavy atom. The fraction of sp³-hybridized carbons (Fsp3) is 0.400. The first kappa shape index (κ1) is 17.4. The predicted octanol–water partition coefficient (Wildman–Crippen LogP) is 4.16. The Bertz CT molecular complexity index is 580. The van der Waals surface area contributed by atoms with Gasteiger partial charge in [-0.2, -0.15) is 0 Å². The normalized spacial score (nSPS) is 12.0. The molecule has 2 aromatic rings. The van der Waals surface area contributed by atoms with Gasteiger partial charge in [0.15, 0.2) is 0 Å². The van der Waals surface area contributed by atoms with Crippen LogP contribution in [0.5, 0.6) is 11.5 Å². The zero-order valence-corrected chi connectivity index (χ0v) is 14.1. The highest BCUT2D eigenvalue weighted by Crippen LogP contribution is 2.24. The van der Waals surface area contributed by atoms with Crippen LogP contribution >= 0.6 is 0 Å². The molecule has 0 aliphatic rings. The number of hydrogen-bond acceptors (Lipinski definition) is 3. The monoisotopic (exact) mass is 313 g/mol. The van der Waals surface area contributed by atoms with Gasteiger partial charge in [0.1, 0.15) is 11.5 Å². The van der Waals surface area contributed by atoms with Gasteiger partial charge in [-0.3, -0.25) is 0 Å². The van der Waals surface area contributed by atoms with Crippen LogP contribution in [0.25, 0.3) is 0 Å². The van der Waals surface area contributed by atoms with E-state index in [0.717, 1.165) is 37.4 Å². The standard InChI is InChI=1S/C20H27NO2/c1-3-4-12-23-19-10-8-16(9-11-19)13-18(15-21)17-6-5-7-20(14-17)22-2/h5-11,14,18H,3-4,12-13,15,21H2,1-2H3. The maximum absolute atomic E-state index is 5.99. The molecule has 0 amide bonds. The van der Waals surface area contributed by atoms with E-state index in [1.54, 1.807) is 7.11 Å². The maximum atomic E-state index is 5.99. The van der Waals surface area contributed by atoms with Crippen molar-refractivity contribution in [2.45, 2.75) is 32.1 Å². The predicted molar refractivity (Wildman–Crippen MR) is 95.3 cm³/mol. The minimum atomic E-state index is 0.289. The van der Waals surface area contributed by atoms with E-state index in [4.69, 9.17) is 15.2 Å². The summed E-state index contributed by atoms with van der Waals surface area (Å²) in [6.45, 7) is 3.56. The Kier molecular flexibility index (Phi) is 6.95. The molecule has 0 aliphatic carbocycles. The molecule has 1 atom stereocenters. The van der Waals surface area contributed by atoms with Crippen molar-refractivity contribution < 1.29 is 9.47 Å². The van der Waals surface area contributed by atoms with E-state index in [9.17, 15) is 0 Å². The lowest BCUT2D eigenvalue weighted by molar-refractivity contribution is 0.309. The molecule has 1 unspecified atom stereocenters. The quantitative estimate of drug-likeness (QED) is 0.707. The van der Waals surface area contributed by atoms with E-state index in [1.165, 1.54) is 11.1 Å². The number of methoxy groups -OCH3 is 1. The third-order valence-corrected chi connectivity index (χ3v) is 4.02. The summed E-state index contributed by atoms with van der Waals surface area (Å²) in [7, 11) is 1.69. The van der Waals surface area contributed by atoms with Crippen LogP contribution in [0.1, 0.15) is 36.8 Å². The summed E-state index contributed by atoms with van der Waals surface area (Å²) >= 11 is 0. The molecule has 0 aliphatic heterocycles. The Balaban J connectivity index is 2.00. The van der Waals surface area contributed by atoms with Gasteiger partial charge in [0.25, 0.3) is 0 Å². The van der Waals surface area contributed by atoms with Crippen LogP contribution in [0.2, 0.25) is 0 Å². The van der Waals surface area contributed by atoms with Gasteiger partial charge >= 0.3 is 0 Å². The van der Waals surface area contributed by atoms with Crippen molar-refractivity contribution >= 4 is 0 Å².